The monoisotopic (exact) mass is 491 g/mol. The predicted molar refractivity (Wildman–Crippen MR) is 138 cm³/mol. The third kappa shape index (κ3) is 5.46. The van der Waals surface area contributed by atoms with E-state index in [4.69, 9.17) is 4.74 Å². The Labute approximate surface area is 213 Å². The van der Waals surface area contributed by atoms with Gasteiger partial charge in [0.1, 0.15) is 12.1 Å². The second-order valence-corrected chi connectivity index (χ2v) is 10.7. The van der Waals surface area contributed by atoms with E-state index in [1.807, 2.05) is 60.7 Å². The minimum absolute atomic E-state index is 0.103. The molecule has 0 bridgehead atoms. The van der Waals surface area contributed by atoms with Gasteiger partial charge < -0.3 is 15.0 Å². The van der Waals surface area contributed by atoms with Crippen LogP contribution < -0.4 is 5.32 Å². The minimum atomic E-state index is -0.868. The Balaban J connectivity index is 1.63. The maximum Gasteiger partial charge on any atom is 0.417 e. The number of rotatable bonds is 5. The first kappa shape index (κ1) is 25.9. The van der Waals surface area contributed by atoms with Gasteiger partial charge in [0.05, 0.1) is 5.41 Å². The van der Waals surface area contributed by atoms with E-state index in [1.54, 1.807) is 25.7 Å². The molecule has 2 fully saturated rings. The van der Waals surface area contributed by atoms with Gasteiger partial charge in [-0.05, 0) is 70.7 Å². The summed E-state index contributed by atoms with van der Waals surface area (Å²) in [5, 5.41) is 3.28. The van der Waals surface area contributed by atoms with Crippen LogP contribution in [0.5, 0.6) is 0 Å². The molecule has 4 rings (SSSR count). The number of carbonyl (C=O) groups is 3. The first-order valence-corrected chi connectivity index (χ1v) is 12.9. The zero-order chi connectivity index (χ0) is 25.8. The fourth-order valence-corrected chi connectivity index (χ4v) is 5.38. The lowest BCUT2D eigenvalue weighted by Crippen LogP contribution is -2.57. The zero-order valence-electron chi connectivity index (χ0n) is 21.5. The van der Waals surface area contributed by atoms with Crippen molar-refractivity contribution in [3.05, 3.63) is 71.8 Å². The van der Waals surface area contributed by atoms with Gasteiger partial charge in [0.2, 0.25) is 5.91 Å². The third-order valence-electron chi connectivity index (χ3n) is 7.02. The van der Waals surface area contributed by atoms with Crippen LogP contribution in [-0.2, 0) is 19.7 Å². The van der Waals surface area contributed by atoms with Gasteiger partial charge in [0, 0.05) is 12.6 Å². The fraction of sp³-hybridized carbons (Fsp3) is 0.483. The van der Waals surface area contributed by atoms with Crippen LogP contribution in [0.4, 0.5) is 4.79 Å². The van der Waals surface area contributed by atoms with Crippen LogP contribution in [0.3, 0.4) is 0 Å². The Kier molecular flexibility index (Phi) is 7.79. The van der Waals surface area contributed by atoms with E-state index in [2.05, 4.69) is 5.32 Å². The average Bonchev–Trinajstić information content (AvgIpc) is 2.86. The van der Waals surface area contributed by atoms with Gasteiger partial charge in [-0.3, -0.25) is 9.59 Å². The molecule has 0 radical (unpaired) electrons. The number of piperidine rings is 2. The van der Waals surface area contributed by atoms with Crippen molar-refractivity contribution >= 4 is 17.9 Å². The van der Waals surface area contributed by atoms with Crippen LogP contribution in [0, 0.1) is 0 Å². The molecule has 2 aliphatic rings. The second-order valence-electron chi connectivity index (χ2n) is 10.7. The second kappa shape index (κ2) is 10.8. The summed E-state index contributed by atoms with van der Waals surface area (Å²) in [6.07, 6.45) is 2.10. The van der Waals surface area contributed by atoms with Gasteiger partial charge in [-0.1, -0.05) is 60.7 Å². The van der Waals surface area contributed by atoms with Crippen LogP contribution in [0.25, 0.3) is 0 Å². The number of nitrogens with one attached hydrogen (secondary N) is 1. The van der Waals surface area contributed by atoms with Crippen LogP contribution in [0.15, 0.2) is 60.7 Å². The number of nitrogens with zero attached hydrogens (tertiary/aromatic N) is 2. The normalized spacial score (nSPS) is 18.5. The summed E-state index contributed by atoms with van der Waals surface area (Å²) in [5.41, 5.74) is 0.243. The summed E-state index contributed by atoms with van der Waals surface area (Å²) in [4.78, 5) is 43.9. The van der Waals surface area contributed by atoms with Crippen LogP contribution in [0.1, 0.15) is 57.6 Å². The van der Waals surface area contributed by atoms with E-state index < -0.39 is 17.1 Å². The molecule has 2 heterocycles. The highest BCUT2D eigenvalue weighted by Crippen LogP contribution is 2.41. The molecule has 7 nitrogen and oxygen atoms in total. The molecular formula is C29H37N3O4. The van der Waals surface area contributed by atoms with Gasteiger partial charge >= 0.3 is 6.09 Å². The maximum atomic E-state index is 14.2. The standard InChI is InChI=1S/C29H37N3O4/c1-28(2,3)36-27(35)32(24-15-18-30-19-16-24)25(33)21-31-20-10-17-29(26(31)34,22-11-6-4-7-12-22)23-13-8-5-9-14-23/h4-9,11-14,24,30H,10,15-21H2,1-3H3. The van der Waals surface area contributed by atoms with Crippen LogP contribution in [-0.4, -0.2) is 65.5 Å². The van der Waals surface area contributed by atoms with Crippen molar-refractivity contribution in [3.8, 4) is 0 Å². The average molecular weight is 492 g/mol. The topological polar surface area (TPSA) is 79.0 Å². The number of ether oxygens (including phenoxy) is 1. The van der Waals surface area contributed by atoms with E-state index in [-0.39, 0.29) is 24.4 Å². The van der Waals surface area contributed by atoms with E-state index in [9.17, 15) is 14.4 Å². The number of carbonyl (C=O) groups excluding carboxylic acids is 3. The van der Waals surface area contributed by atoms with E-state index in [0.29, 0.717) is 25.8 Å². The van der Waals surface area contributed by atoms with E-state index >= 15 is 0 Å². The van der Waals surface area contributed by atoms with Gasteiger partial charge in [-0.25, -0.2) is 9.69 Å². The Morgan fingerprint density at radius 2 is 1.56 bits per heavy atom. The summed E-state index contributed by atoms with van der Waals surface area (Å²) < 4.78 is 5.61. The highest BCUT2D eigenvalue weighted by atomic mass is 16.6. The molecule has 3 amide bonds. The number of amides is 3. The number of hydrogen-bond acceptors (Lipinski definition) is 5. The Hall–Kier alpha value is -3.19. The zero-order valence-corrected chi connectivity index (χ0v) is 21.5. The molecule has 7 heteroatoms. The third-order valence-corrected chi connectivity index (χ3v) is 7.02. The Morgan fingerprint density at radius 1 is 1.00 bits per heavy atom. The molecule has 0 spiro atoms. The molecule has 36 heavy (non-hydrogen) atoms. The molecule has 2 saturated heterocycles. The van der Waals surface area contributed by atoms with Crippen molar-refractivity contribution in [3.63, 3.8) is 0 Å². The highest BCUT2D eigenvalue weighted by Gasteiger charge is 2.47. The van der Waals surface area contributed by atoms with Gasteiger partial charge in [0.15, 0.2) is 0 Å². The molecular weight excluding hydrogens is 454 g/mol. The SMILES string of the molecule is CC(C)(C)OC(=O)N(C(=O)CN1CCCC(c2ccccc2)(c2ccccc2)C1=O)C1CCNCC1. The van der Waals surface area contributed by atoms with Crippen LogP contribution >= 0.6 is 0 Å². The first-order chi connectivity index (χ1) is 17.2. The number of benzene rings is 2. The predicted octanol–water partition coefficient (Wildman–Crippen LogP) is 4.11. The van der Waals surface area contributed by atoms with E-state index in [1.165, 1.54) is 4.90 Å². The van der Waals surface area contributed by atoms with E-state index in [0.717, 1.165) is 30.6 Å². The van der Waals surface area contributed by atoms with Crippen molar-refractivity contribution in [2.24, 2.45) is 0 Å². The van der Waals surface area contributed by atoms with Crippen molar-refractivity contribution < 1.29 is 19.1 Å². The Morgan fingerprint density at radius 3 is 2.08 bits per heavy atom. The van der Waals surface area contributed by atoms with Crippen molar-refractivity contribution in [1.82, 2.24) is 15.1 Å². The number of likely N-dealkylation sites (tertiary alicyclic amines) is 1. The molecule has 2 aromatic carbocycles. The molecule has 192 valence electrons. The van der Waals surface area contributed by atoms with Crippen molar-refractivity contribution in [2.75, 3.05) is 26.2 Å². The molecule has 0 aliphatic carbocycles. The van der Waals surface area contributed by atoms with Gasteiger partial charge in [-0.15, -0.1) is 0 Å². The molecule has 0 saturated carbocycles. The Bertz CT molecular complexity index is 1020. The first-order valence-electron chi connectivity index (χ1n) is 12.9. The largest absolute Gasteiger partial charge is 0.443 e. The molecule has 2 aliphatic heterocycles. The number of imide groups is 1. The molecule has 0 unspecified atom stereocenters. The molecule has 0 aromatic heterocycles. The van der Waals surface area contributed by atoms with Crippen LogP contribution in [0.2, 0.25) is 0 Å². The highest BCUT2D eigenvalue weighted by molar-refractivity contribution is 5.98. The summed E-state index contributed by atoms with van der Waals surface area (Å²) in [5.74, 6) is -0.490. The lowest BCUT2D eigenvalue weighted by atomic mass is 9.68. The quantitative estimate of drug-likeness (QED) is 0.681. The van der Waals surface area contributed by atoms with Crippen molar-refractivity contribution in [2.45, 2.75) is 63.5 Å². The van der Waals surface area contributed by atoms with Gasteiger partial charge in [-0.2, -0.15) is 0 Å². The lowest BCUT2D eigenvalue weighted by Gasteiger charge is -2.43. The summed E-state index contributed by atoms with van der Waals surface area (Å²) >= 11 is 0. The summed E-state index contributed by atoms with van der Waals surface area (Å²) in [6.45, 7) is 7.15. The summed E-state index contributed by atoms with van der Waals surface area (Å²) in [6, 6.07) is 19.3. The molecule has 0 atom stereocenters. The molecule has 2 aromatic rings. The summed E-state index contributed by atoms with van der Waals surface area (Å²) in [7, 11) is 0. The van der Waals surface area contributed by atoms with Gasteiger partial charge in [0.25, 0.3) is 5.91 Å². The molecule has 1 N–H and O–H groups in total. The number of hydrogen-bond donors (Lipinski definition) is 1. The minimum Gasteiger partial charge on any atom is -0.443 e. The lowest BCUT2D eigenvalue weighted by molar-refractivity contribution is -0.146. The smallest absolute Gasteiger partial charge is 0.417 e. The maximum absolute atomic E-state index is 14.2. The van der Waals surface area contributed by atoms with Crippen molar-refractivity contribution in [1.29, 1.82) is 0 Å². The fourth-order valence-electron chi connectivity index (χ4n) is 5.38.